The van der Waals surface area contributed by atoms with Crippen molar-refractivity contribution < 1.29 is 36.6 Å². The molecule has 0 unspecified atom stereocenters. The third kappa shape index (κ3) is 7.77. The van der Waals surface area contributed by atoms with E-state index in [2.05, 4.69) is 30.0 Å². The molecule has 0 saturated carbocycles. The number of rotatable bonds is 6. The number of pyridine rings is 1. The highest BCUT2D eigenvalue weighted by molar-refractivity contribution is 7.10. The zero-order chi connectivity index (χ0) is 29.9. The van der Waals surface area contributed by atoms with E-state index in [0.717, 1.165) is 17.7 Å². The van der Waals surface area contributed by atoms with Crippen LogP contribution in [0.1, 0.15) is 48.9 Å². The maximum Gasteiger partial charge on any atom is 0.434 e. The normalized spacial score (nSPS) is 17.6. The average molecular weight is 598 g/mol. The first-order chi connectivity index (χ1) is 19.2. The van der Waals surface area contributed by atoms with E-state index in [1.54, 1.807) is 27.7 Å². The molecule has 2 amide bonds. The van der Waals surface area contributed by atoms with Gasteiger partial charge in [-0.1, -0.05) is 0 Å². The largest absolute Gasteiger partial charge is 0.471 e. The predicted molar refractivity (Wildman–Crippen MR) is 141 cm³/mol. The molecule has 16 heteroatoms. The van der Waals surface area contributed by atoms with Gasteiger partial charge in [-0.3, -0.25) is 4.79 Å². The van der Waals surface area contributed by atoms with Gasteiger partial charge in [0.05, 0.1) is 42.1 Å². The molecule has 1 aliphatic rings. The fourth-order valence-corrected chi connectivity index (χ4v) is 4.56. The van der Waals surface area contributed by atoms with Gasteiger partial charge in [-0.2, -0.15) is 17.5 Å². The van der Waals surface area contributed by atoms with Crippen LogP contribution in [0.15, 0.2) is 30.7 Å². The number of nitrogens with zero attached hydrogens (tertiary/aromatic N) is 5. The number of aromatic nitrogens is 4. The maximum absolute atomic E-state index is 14.8. The highest BCUT2D eigenvalue weighted by Crippen LogP contribution is 2.30. The minimum atomic E-state index is -4.63. The number of likely N-dealkylation sites (tertiary alicyclic amines) is 1. The first kappa shape index (κ1) is 29.9. The van der Waals surface area contributed by atoms with Crippen molar-refractivity contribution in [3.8, 4) is 5.88 Å². The molecule has 0 aromatic carbocycles. The first-order valence-electron chi connectivity index (χ1n) is 12.4. The van der Waals surface area contributed by atoms with E-state index in [1.165, 1.54) is 23.2 Å². The lowest BCUT2D eigenvalue weighted by molar-refractivity contribution is -0.141. The van der Waals surface area contributed by atoms with Crippen LogP contribution in [0.4, 0.5) is 38.9 Å². The number of piperidine rings is 1. The molecule has 41 heavy (non-hydrogen) atoms. The van der Waals surface area contributed by atoms with Crippen molar-refractivity contribution in [2.75, 3.05) is 23.7 Å². The number of carbonyl (C=O) groups is 2. The number of aryl methyl sites for hydroxylation is 1. The highest BCUT2D eigenvalue weighted by Gasteiger charge is 2.35. The monoisotopic (exact) mass is 597 g/mol. The Kier molecular flexibility index (Phi) is 8.60. The lowest BCUT2D eigenvalue weighted by Gasteiger charge is -2.35. The second kappa shape index (κ2) is 11.8. The molecule has 1 fully saturated rings. The molecule has 0 bridgehead atoms. The van der Waals surface area contributed by atoms with Gasteiger partial charge < -0.3 is 25.0 Å². The summed E-state index contributed by atoms with van der Waals surface area (Å²) in [6.45, 7) is 6.90. The minimum absolute atomic E-state index is 0.00182. The summed E-state index contributed by atoms with van der Waals surface area (Å²) in [5.41, 5.74) is -0.975. The predicted octanol–water partition coefficient (Wildman–Crippen LogP) is 5.38. The van der Waals surface area contributed by atoms with E-state index in [9.17, 15) is 27.2 Å². The van der Waals surface area contributed by atoms with E-state index in [-0.39, 0.29) is 41.8 Å². The van der Waals surface area contributed by atoms with Crippen LogP contribution in [-0.4, -0.2) is 67.2 Å². The van der Waals surface area contributed by atoms with E-state index < -0.39 is 41.7 Å². The van der Waals surface area contributed by atoms with Gasteiger partial charge in [0, 0.05) is 19.0 Å². The van der Waals surface area contributed by atoms with Crippen molar-refractivity contribution in [3.63, 3.8) is 0 Å². The number of carbonyl (C=O) groups excluding carboxylic acids is 2. The Morgan fingerprint density at radius 1 is 1.10 bits per heavy atom. The number of nitrogens with one attached hydrogen (secondary N) is 2. The van der Waals surface area contributed by atoms with Gasteiger partial charge >= 0.3 is 12.3 Å². The second-order valence-corrected chi connectivity index (χ2v) is 10.9. The molecule has 1 aliphatic heterocycles. The van der Waals surface area contributed by atoms with Gasteiger partial charge in [-0.05, 0) is 45.3 Å². The highest BCUT2D eigenvalue weighted by atomic mass is 32.1. The van der Waals surface area contributed by atoms with Crippen LogP contribution in [0.25, 0.3) is 0 Å². The average Bonchev–Trinajstić information content (AvgIpc) is 3.24. The van der Waals surface area contributed by atoms with Gasteiger partial charge in [-0.15, -0.1) is 0 Å². The number of anilines is 3. The number of alkyl halides is 4. The molecule has 220 valence electrons. The van der Waals surface area contributed by atoms with Crippen molar-refractivity contribution in [3.05, 3.63) is 47.7 Å². The Morgan fingerprint density at radius 2 is 1.85 bits per heavy atom. The summed E-state index contributed by atoms with van der Waals surface area (Å²) < 4.78 is 68.1. The molecule has 4 heterocycles. The van der Waals surface area contributed by atoms with Crippen LogP contribution in [-0.2, 0) is 10.9 Å². The Balaban J connectivity index is 1.34. The van der Waals surface area contributed by atoms with Crippen molar-refractivity contribution in [1.29, 1.82) is 0 Å². The fourth-order valence-electron chi connectivity index (χ4n) is 3.76. The van der Waals surface area contributed by atoms with Crippen LogP contribution < -0.4 is 15.4 Å². The van der Waals surface area contributed by atoms with Crippen molar-refractivity contribution in [2.45, 2.75) is 58.2 Å². The summed E-state index contributed by atoms with van der Waals surface area (Å²) in [6, 6.07) is 2.99. The molecule has 3 aromatic rings. The van der Waals surface area contributed by atoms with Crippen molar-refractivity contribution in [1.82, 2.24) is 24.2 Å². The van der Waals surface area contributed by atoms with Crippen molar-refractivity contribution in [2.24, 2.45) is 0 Å². The number of hydrogen-bond acceptors (Lipinski definition) is 10. The van der Waals surface area contributed by atoms with Crippen LogP contribution in [0.3, 0.4) is 0 Å². The molecule has 2 atom stereocenters. The molecule has 0 spiro atoms. The quantitative estimate of drug-likeness (QED) is 0.360. The Labute approximate surface area is 236 Å². The zero-order valence-electron chi connectivity index (χ0n) is 22.5. The number of hydrogen-bond donors (Lipinski definition) is 2. The smallest absolute Gasteiger partial charge is 0.434 e. The standard InChI is InChI=1S/C25H27F4N7O4S/c1-13-20(22(41-35-13)34-18-11-30-17(10-31-18)25(27,28)29)21(37)33-14-5-6-19(32-9-14)39-16-7-8-36(12-15(16)26)23(38)40-24(2,3)4/h5-6,9-11,15-16H,7-8,12H2,1-4H3,(H,31,34)(H,33,37)/t15-,16+/m0/s1. The molecule has 1 saturated heterocycles. The molecule has 4 rings (SSSR count). The summed E-state index contributed by atoms with van der Waals surface area (Å²) in [5, 5.41) is 5.70. The van der Waals surface area contributed by atoms with E-state index >= 15 is 0 Å². The third-order valence-corrected chi connectivity index (χ3v) is 6.53. The van der Waals surface area contributed by atoms with Gasteiger partial charge in [0.2, 0.25) is 5.88 Å². The summed E-state index contributed by atoms with van der Waals surface area (Å²) in [6.07, 6.45) is -4.41. The Morgan fingerprint density at radius 3 is 2.44 bits per heavy atom. The SMILES string of the molecule is Cc1nsc(Nc2cnc(C(F)(F)F)cn2)c1C(=O)Nc1ccc(O[C@@H]2CCN(C(=O)OC(C)(C)C)C[C@@H]2F)nc1. The molecule has 2 N–H and O–H groups in total. The number of amides is 2. The lowest BCUT2D eigenvalue weighted by Crippen LogP contribution is -2.50. The second-order valence-electron chi connectivity index (χ2n) is 10.1. The fraction of sp³-hybridized carbons (Fsp3) is 0.440. The zero-order valence-corrected chi connectivity index (χ0v) is 23.3. The van der Waals surface area contributed by atoms with Gasteiger partial charge in [0.1, 0.15) is 22.5 Å². The van der Waals surface area contributed by atoms with Crippen LogP contribution in [0.2, 0.25) is 0 Å². The maximum atomic E-state index is 14.8. The number of halogens is 4. The molecule has 3 aromatic heterocycles. The third-order valence-electron chi connectivity index (χ3n) is 5.67. The number of ether oxygens (including phenoxy) is 2. The molecule has 0 radical (unpaired) electrons. The molecule has 0 aliphatic carbocycles. The molecular formula is C25H27F4N7O4S. The van der Waals surface area contributed by atoms with Crippen LogP contribution in [0.5, 0.6) is 5.88 Å². The Hall–Kier alpha value is -4.08. The van der Waals surface area contributed by atoms with Gasteiger partial charge in [0.25, 0.3) is 5.91 Å². The first-order valence-corrected chi connectivity index (χ1v) is 13.2. The van der Waals surface area contributed by atoms with E-state index in [1.807, 2.05) is 0 Å². The van der Waals surface area contributed by atoms with Gasteiger partial charge in [-0.25, -0.2) is 24.1 Å². The van der Waals surface area contributed by atoms with Gasteiger partial charge in [0.15, 0.2) is 11.9 Å². The summed E-state index contributed by atoms with van der Waals surface area (Å²) in [4.78, 5) is 37.7. The van der Waals surface area contributed by atoms with E-state index in [4.69, 9.17) is 9.47 Å². The topological polar surface area (TPSA) is 131 Å². The van der Waals surface area contributed by atoms with Crippen LogP contribution in [0, 0.1) is 6.92 Å². The summed E-state index contributed by atoms with van der Waals surface area (Å²) in [7, 11) is 0. The molecular weight excluding hydrogens is 570 g/mol. The van der Waals surface area contributed by atoms with Crippen LogP contribution >= 0.6 is 11.5 Å². The summed E-state index contributed by atoms with van der Waals surface area (Å²) in [5.74, 6) is -0.410. The summed E-state index contributed by atoms with van der Waals surface area (Å²) >= 11 is 0.931. The minimum Gasteiger partial charge on any atom is -0.471 e. The molecule has 11 nitrogen and oxygen atoms in total. The Bertz CT molecular complexity index is 1380. The van der Waals surface area contributed by atoms with Crippen molar-refractivity contribution >= 4 is 40.0 Å². The van der Waals surface area contributed by atoms with E-state index in [0.29, 0.717) is 17.6 Å². The lowest BCUT2D eigenvalue weighted by atomic mass is 10.1.